The molecule has 0 bridgehead atoms. The molecule has 2 rings (SSSR count). The Kier molecular flexibility index (Phi) is 4.04. The van der Waals surface area contributed by atoms with Crippen LogP contribution in [-0.4, -0.2) is 41.0 Å². The molecule has 0 N–H and O–H groups in total. The predicted molar refractivity (Wildman–Crippen MR) is 73.7 cm³/mol. The molecule has 2 atom stereocenters. The van der Waals surface area contributed by atoms with Crippen LogP contribution in [0.2, 0.25) is 0 Å². The van der Waals surface area contributed by atoms with Crippen LogP contribution >= 0.6 is 0 Å². The van der Waals surface area contributed by atoms with Gasteiger partial charge in [0.05, 0.1) is 17.1 Å². The van der Waals surface area contributed by atoms with E-state index in [0.717, 1.165) is 0 Å². The lowest BCUT2D eigenvalue weighted by Crippen LogP contribution is -2.48. The van der Waals surface area contributed by atoms with Crippen molar-refractivity contribution in [2.75, 3.05) is 13.1 Å². The van der Waals surface area contributed by atoms with Gasteiger partial charge in [0.1, 0.15) is 0 Å². The molecule has 0 saturated carbocycles. The van der Waals surface area contributed by atoms with E-state index in [0.29, 0.717) is 24.2 Å². The number of rotatable bonds is 2. The molecule has 1 fully saturated rings. The molecule has 0 spiro atoms. The number of ether oxygens (including phenoxy) is 1. The number of hydrogen-bond donors (Lipinski definition) is 0. The van der Waals surface area contributed by atoms with Gasteiger partial charge in [0.25, 0.3) is 11.6 Å². The van der Waals surface area contributed by atoms with E-state index in [4.69, 9.17) is 4.74 Å². The minimum Gasteiger partial charge on any atom is -0.372 e. The van der Waals surface area contributed by atoms with E-state index >= 15 is 0 Å². The van der Waals surface area contributed by atoms with Crippen molar-refractivity contribution in [3.63, 3.8) is 0 Å². The Hall–Kier alpha value is -1.95. The molecule has 2 unspecified atom stereocenters. The number of morpholine rings is 1. The molecule has 1 aliphatic rings. The van der Waals surface area contributed by atoms with Crippen molar-refractivity contribution in [1.29, 1.82) is 0 Å². The topological polar surface area (TPSA) is 72.7 Å². The second-order valence-corrected chi connectivity index (χ2v) is 5.17. The first-order valence-corrected chi connectivity index (χ1v) is 6.59. The Bertz CT molecular complexity index is 534. The lowest BCUT2D eigenvalue weighted by Gasteiger charge is -2.35. The maximum atomic E-state index is 12.5. The molecule has 6 nitrogen and oxygen atoms in total. The van der Waals surface area contributed by atoms with E-state index in [-0.39, 0.29) is 23.8 Å². The van der Waals surface area contributed by atoms with Crippen molar-refractivity contribution in [2.45, 2.75) is 33.0 Å². The molecular formula is C14H18N2O4. The maximum absolute atomic E-state index is 12.5. The second-order valence-electron chi connectivity index (χ2n) is 5.17. The smallest absolute Gasteiger partial charge is 0.273 e. The van der Waals surface area contributed by atoms with E-state index in [2.05, 4.69) is 0 Å². The zero-order valence-corrected chi connectivity index (χ0v) is 11.8. The van der Waals surface area contributed by atoms with Crippen LogP contribution in [0.15, 0.2) is 18.2 Å². The maximum Gasteiger partial charge on any atom is 0.273 e. The summed E-state index contributed by atoms with van der Waals surface area (Å²) in [5, 5.41) is 10.9. The first-order chi connectivity index (χ1) is 9.40. The van der Waals surface area contributed by atoms with E-state index in [1.165, 1.54) is 6.07 Å². The Labute approximate surface area is 117 Å². The standard InChI is InChI=1S/C14H18N2O4/c1-9-7-15(8-10(2)20-9)14(17)12-5-4-6-13(11(12)3)16(18)19/h4-6,9-10H,7-8H2,1-3H3. The predicted octanol–water partition coefficient (Wildman–Crippen LogP) is 2.15. The molecule has 20 heavy (non-hydrogen) atoms. The van der Waals surface area contributed by atoms with Crippen molar-refractivity contribution >= 4 is 11.6 Å². The molecule has 1 aromatic rings. The lowest BCUT2D eigenvalue weighted by molar-refractivity contribution is -0.385. The Morgan fingerprint density at radius 3 is 2.50 bits per heavy atom. The van der Waals surface area contributed by atoms with Crippen LogP contribution in [0.25, 0.3) is 0 Å². The third-order valence-corrected chi connectivity index (χ3v) is 3.44. The minimum absolute atomic E-state index is 0.0230. The molecule has 0 aromatic heterocycles. The number of nitro benzene ring substituents is 1. The summed E-state index contributed by atoms with van der Waals surface area (Å²) >= 11 is 0. The van der Waals surface area contributed by atoms with Gasteiger partial charge in [0.2, 0.25) is 0 Å². The van der Waals surface area contributed by atoms with Gasteiger partial charge in [0.15, 0.2) is 0 Å². The van der Waals surface area contributed by atoms with Gasteiger partial charge in [-0.1, -0.05) is 6.07 Å². The average molecular weight is 278 g/mol. The van der Waals surface area contributed by atoms with E-state index < -0.39 is 4.92 Å². The molecule has 6 heteroatoms. The first kappa shape index (κ1) is 14.5. The number of hydrogen-bond acceptors (Lipinski definition) is 4. The summed E-state index contributed by atoms with van der Waals surface area (Å²) in [4.78, 5) is 24.7. The minimum atomic E-state index is -0.462. The highest BCUT2D eigenvalue weighted by molar-refractivity contribution is 5.96. The summed E-state index contributed by atoms with van der Waals surface area (Å²) in [5.74, 6) is -0.173. The van der Waals surface area contributed by atoms with Crippen LogP contribution in [0.3, 0.4) is 0 Å². The average Bonchev–Trinajstić information content (AvgIpc) is 2.36. The molecular weight excluding hydrogens is 260 g/mol. The van der Waals surface area contributed by atoms with Crippen molar-refractivity contribution in [3.05, 3.63) is 39.4 Å². The van der Waals surface area contributed by atoms with Gasteiger partial charge in [-0.3, -0.25) is 14.9 Å². The summed E-state index contributed by atoms with van der Waals surface area (Å²) < 4.78 is 5.59. The van der Waals surface area contributed by atoms with Gasteiger partial charge < -0.3 is 9.64 Å². The van der Waals surface area contributed by atoms with Gasteiger partial charge in [-0.15, -0.1) is 0 Å². The van der Waals surface area contributed by atoms with E-state index in [1.54, 1.807) is 24.0 Å². The zero-order valence-electron chi connectivity index (χ0n) is 11.8. The Balaban J connectivity index is 2.29. The highest BCUT2D eigenvalue weighted by atomic mass is 16.6. The molecule has 1 aromatic carbocycles. The number of amides is 1. The second kappa shape index (κ2) is 5.58. The van der Waals surface area contributed by atoms with Gasteiger partial charge in [-0.05, 0) is 26.8 Å². The van der Waals surface area contributed by atoms with E-state index in [1.807, 2.05) is 13.8 Å². The van der Waals surface area contributed by atoms with Gasteiger partial charge in [-0.25, -0.2) is 0 Å². The summed E-state index contributed by atoms with van der Waals surface area (Å²) in [5.41, 5.74) is 0.778. The number of nitro groups is 1. The molecule has 0 aliphatic carbocycles. The molecule has 0 radical (unpaired) electrons. The van der Waals surface area contributed by atoms with Crippen LogP contribution in [0.4, 0.5) is 5.69 Å². The number of benzene rings is 1. The molecule has 1 amide bonds. The summed E-state index contributed by atoms with van der Waals surface area (Å²) in [6.45, 7) is 6.45. The summed E-state index contributed by atoms with van der Waals surface area (Å²) in [7, 11) is 0. The molecule has 1 saturated heterocycles. The van der Waals surface area contributed by atoms with Crippen LogP contribution in [-0.2, 0) is 4.74 Å². The fraction of sp³-hybridized carbons (Fsp3) is 0.500. The number of carbonyl (C=O) groups excluding carboxylic acids is 1. The number of carbonyl (C=O) groups is 1. The fourth-order valence-corrected chi connectivity index (χ4v) is 2.57. The quantitative estimate of drug-likeness (QED) is 0.613. The summed E-state index contributed by atoms with van der Waals surface area (Å²) in [6.07, 6.45) is -0.0524. The summed E-state index contributed by atoms with van der Waals surface area (Å²) in [6, 6.07) is 4.60. The van der Waals surface area contributed by atoms with Crippen molar-refractivity contribution in [3.8, 4) is 0 Å². The highest BCUT2D eigenvalue weighted by Gasteiger charge is 2.28. The van der Waals surface area contributed by atoms with Gasteiger partial charge in [0, 0.05) is 30.3 Å². The van der Waals surface area contributed by atoms with Crippen LogP contribution in [0, 0.1) is 17.0 Å². The van der Waals surface area contributed by atoms with Gasteiger partial charge >= 0.3 is 0 Å². The Morgan fingerprint density at radius 1 is 1.35 bits per heavy atom. The molecule has 1 heterocycles. The molecule has 1 aliphatic heterocycles. The van der Waals surface area contributed by atoms with Crippen LogP contribution < -0.4 is 0 Å². The van der Waals surface area contributed by atoms with E-state index in [9.17, 15) is 14.9 Å². The van der Waals surface area contributed by atoms with Crippen molar-refractivity contribution in [1.82, 2.24) is 4.90 Å². The van der Waals surface area contributed by atoms with Crippen LogP contribution in [0.5, 0.6) is 0 Å². The molecule has 108 valence electrons. The SMILES string of the molecule is Cc1c(C(=O)N2CC(C)OC(C)C2)cccc1[N+](=O)[O-]. The fourth-order valence-electron chi connectivity index (χ4n) is 2.57. The third-order valence-electron chi connectivity index (χ3n) is 3.44. The monoisotopic (exact) mass is 278 g/mol. The highest BCUT2D eigenvalue weighted by Crippen LogP contribution is 2.23. The van der Waals surface area contributed by atoms with Crippen molar-refractivity contribution in [2.24, 2.45) is 0 Å². The lowest BCUT2D eigenvalue weighted by atomic mass is 10.0. The first-order valence-electron chi connectivity index (χ1n) is 6.59. The third kappa shape index (κ3) is 2.80. The van der Waals surface area contributed by atoms with Gasteiger partial charge in [-0.2, -0.15) is 0 Å². The zero-order chi connectivity index (χ0) is 14.9. The number of nitrogens with zero attached hydrogens (tertiary/aromatic N) is 2. The largest absolute Gasteiger partial charge is 0.372 e. The van der Waals surface area contributed by atoms with Crippen LogP contribution in [0.1, 0.15) is 29.8 Å². The Morgan fingerprint density at radius 2 is 1.95 bits per heavy atom. The van der Waals surface area contributed by atoms with Crippen molar-refractivity contribution < 1.29 is 14.5 Å². The normalized spacial score (nSPS) is 22.6.